The van der Waals surface area contributed by atoms with Crippen molar-refractivity contribution >= 4 is 33.8 Å². The molecule has 0 radical (unpaired) electrons. The average Bonchev–Trinajstić information content (AvgIpc) is 3.12. The summed E-state index contributed by atoms with van der Waals surface area (Å²) in [4.78, 5) is 37.8. The first-order valence-electron chi connectivity index (χ1n) is 10.9. The molecule has 34 heavy (non-hydrogen) atoms. The fraction of sp³-hybridized carbons (Fsp3) is 0.269. The second kappa shape index (κ2) is 9.05. The number of aromatic hydroxyl groups is 1. The van der Waals surface area contributed by atoms with Crippen LogP contribution >= 0.6 is 0 Å². The SMILES string of the molecule is C=CC(C)(C)Oc1ccc2c(=O)c3c(O)cccc3oc2c1OC/C=C/CN1C(=O)CCC1=O. The number of ether oxygens (including phenoxy) is 2. The molecule has 1 aliphatic rings. The number of benzene rings is 2. The summed E-state index contributed by atoms with van der Waals surface area (Å²) in [6.07, 6.45) is 5.46. The molecule has 2 amide bonds. The molecule has 2 aromatic carbocycles. The van der Waals surface area contributed by atoms with E-state index in [2.05, 4.69) is 6.58 Å². The van der Waals surface area contributed by atoms with E-state index < -0.39 is 11.0 Å². The van der Waals surface area contributed by atoms with Gasteiger partial charge in [-0.1, -0.05) is 18.7 Å². The van der Waals surface area contributed by atoms with Crippen LogP contribution in [-0.4, -0.2) is 40.6 Å². The molecule has 1 N–H and O–H groups in total. The minimum atomic E-state index is -0.729. The molecule has 4 rings (SSSR count). The molecule has 1 fully saturated rings. The highest BCUT2D eigenvalue weighted by Crippen LogP contribution is 2.39. The van der Waals surface area contributed by atoms with Gasteiger partial charge in [-0.2, -0.15) is 0 Å². The standard InChI is InChI=1S/C26H25NO7/c1-4-26(2,3)34-19-11-10-16-23(31)22-17(28)8-7-9-18(22)33-24(16)25(19)32-15-6-5-14-27-20(29)12-13-21(27)30/h4-11,28H,1,12-15H2,2-3H3/b6-5+. The van der Waals surface area contributed by atoms with Gasteiger partial charge in [-0.25, -0.2) is 0 Å². The van der Waals surface area contributed by atoms with Gasteiger partial charge in [-0.05, 0) is 50.3 Å². The van der Waals surface area contributed by atoms with Crippen molar-refractivity contribution in [2.24, 2.45) is 0 Å². The molecule has 3 aromatic rings. The summed E-state index contributed by atoms with van der Waals surface area (Å²) in [7, 11) is 0. The number of likely N-dealkylation sites (tertiary alicyclic amines) is 1. The van der Waals surface area contributed by atoms with E-state index in [1.165, 1.54) is 11.0 Å². The molecular weight excluding hydrogens is 438 g/mol. The Bertz CT molecular complexity index is 1370. The van der Waals surface area contributed by atoms with Crippen LogP contribution < -0.4 is 14.9 Å². The number of imide groups is 1. The molecular formula is C26H25NO7. The fourth-order valence-corrected chi connectivity index (χ4v) is 3.65. The number of rotatable bonds is 8. The van der Waals surface area contributed by atoms with Crippen molar-refractivity contribution in [1.82, 2.24) is 4.90 Å². The smallest absolute Gasteiger partial charge is 0.229 e. The first kappa shape index (κ1) is 23.1. The van der Waals surface area contributed by atoms with Gasteiger partial charge in [0.15, 0.2) is 11.3 Å². The first-order valence-corrected chi connectivity index (χ1v) is 10.9. The van der Waals surface area contributed by atoms with E-state index in [0.717, 1.165) is 0 Å². The number of carbonyl (C=O) groups is 2. The average molecular weight is 463 g/mol. The highest BCUT2D eigenvalue weighted by Gasteiger charge is 2.27. The van der Waals surface area contributed by atoms with E-state index in [1.54, 1.807) is 42.5 Å². The Morgan fingerprint density at radius 1 is 1.12 bits per heavy atom. The maximum Gasteiger partial charge on any atom is 0.229 e. The predicted molar refractivity (Wildman–Crippen MR) is 127 cm³/mol. The van der Waals surface area contributed by atoms with E-state index in [9.17, 15) is 19.5 Å². The van der Waals surface area contributed by atoms with Crippen LogP contribution in [0.15, 0.2) is 64.4 Å². The molecule has 0 bridgehead atoms. The maximum atomic E-state index is 13.1. The van der Waals surface area contributed by atoms with Gasteiger partial charge in [-0.15, -0.1) is 0 Å². The molecule has 1 saturated heterocycles. The van der Waals surface area contributed by atoms with Gasteiger partial charge < -0.3 is 19.0 Å². The predicted octanol–water partition coefficient (Wildman–Crippen LogP) is 4.08. The highest BCUT2D eigenvalue weighted by atomic mass is 16.5. The summed E-state index contributed by atoms with van der Waals surface area (Å²) in [6.45, 7) is 7.68. The molecule has 0 atom stereocenters. The zero-order chi connectivity index (χ0) is 24.5. The molecule has 1 aromatic heterocycles. The Labute approximate surface area is 195 Å². The molecule has 0 spiro atoms. The third-order valence-corrected chi connectivity index (χ3v) is 5.56. The van der Waals surface area contributed by atoms with Crippen molar-refractivity contribution in [3.8, 4) is 17.2 Å². The third-order valence-electron chi connectivity index (χ3n) is 5.56. The molecule has 176 valence electrons. The minimum absolute atomic E-state index is 0.0714. The summed E-state index contributed by atoms with van der Waals surface area (Å²) in [5.74, 6) is 0.0107. The minimum Gasteiger partial charge on any atom is -0.507 e. The van der Waals surface area contributed by atoms with Crippen LogP contribution in [0.4, 0.5) is 0 Å². The van der Waals surface area contributed by atoms with Crippen molar-refractivity contribution in [1.29, 1.82) is 0 Å². The molecule has 2 heterocycles. The van der Waals surface area contributed by atoms with Gasteiger partial charge in [0.1, 0.15) is 28.9 Å². The van der Waals surface area contributed by atoms with Crippen molar-refractivity contribution < 1.29 is 28.6 Å². The second-order valence-corrected chi connectivity index (χ2v) is 8.44. The van der Waals surface area contributed by atoms with E-state index in [-0.39, 0.29) is 71.2 Å². The summed E-state index contributed by atoms with van der Waals surface area (Å²) < 4.78 is 18.0. The van der Waals surface area contributed by atoms with Crippen LogP contribution in [0.1, 0.15) is 26.7 Å². The van der Waals surface area contributed by atoms with E-state index in [4.69, 9.17) is 13.9 Å². The van der Waals surface area contributed by atoms with Gasteiger partial charge in [0, 0.05) is 19.4 Å². The normalized spacial score (nSPS) is 14.5. The second-order valence-electron chi connectivity index (χ2n) is 8.44. The van der Waals surface area contributed by atoms with Crippen LogP contribution in [0.25, 0.3) is 21.9 Å². The van der Waals surface area contributed by atoms with Gasteiger partial charge in [0.2, 0.25) is 23.0 Å². The molecule has 0 saturated carbocycles. The van der Waals surface area contributed by atoms with Crippen molar-refractivity contribution in [2.45, 2.75) is 32.3 Å². The quantitative estimate of drug-likeness (QED) is 0.305. The first-order chi connectivity index (χ1) is 16.2. The molecule has 1 aliphatic heterocycles. The van der Waals surface area contributed by atoms with Gasteiger partial charge in [-0.3, -0.25) is 19.3 Å². The van der Waals surface area contributed by atoms with Crippen LogP contribution in [0.3, 0.4) is 0 Å². The summed E-state index contributed by atoms with van der Waals surface area (Å²) in [5.41, 5.74) is -0.730. The third kappa shape index (κ3) is 4.39. The van der Waals surface area contributed by atoms with E-state index in [1.807, 2.05) is 13.8 Å². The van der Waals surface area contributed by atoms with Crippen LogP contribution in [-0.2, 0) is 9.59 Å². The summed E-state index contributed by atoms with van der Waals surface area (Å²) in [5, 5.41) is 10.5. The van der Waals surface area contributed by atoms with Crippen LogP contribution in [0.5, 0.6) is 17.2 Å². The Balaban J connectivity index is 1.70. The zero-order valence-electron chi connectivity index (χ0n) is 19.0. The number of amides is 2. The molecule has 0 unspecified atom stereocenters. The topological polar surface area (TPSA) is 106 Å². The van der Waals surface area contributed by atoms with Crippen molar-refractivity contribution in [2.75, 3.05) is 13.2 Å². The Morgan fingerprint density at radius 2 is 1.85 bits per heavy atom. The number of phenolic OH excluding ortho intramolecular Hbond substituents is 1. The van der Waals surface area contributed by atoms with Crippen molar-refractivity contribution in [3.63, 3.8) is 0 Å². The Hall–Kier alpha value is -4.07. The lowest BCUT2D eigenvalue weighted by Gasteiger charge is -2.24. The molecule has 8 nitrogen and oxygen atoms in total. The lowest BCUT2D eigenvalue weighted by atomic mass is 10.1. The summed E-state index contributed by atoms with van der Waals surface area (Å²) >= 11 is 0. The molecule has 0 aliphatic carbocycles. The van der Waals surface area contributed by atoms with Crippen molar-refractivity contribution in [3.05, 3.63) is 65.4 Å². The number of fused-ring (bicyclic) bond motifs is 2. The largest absolute Gasteiger partial charge is 0.507 e. The number of hydrogen-bond acceptors (Lipinski definition) is 7. The molecule has 8 heteroatoms. The Morgan fingerprint density at radius 3 is 2.56 bits per heavy atom. The monoisotopic (exact) mass is 463 g/mol. The summed E-state index contributed by atoms with van der Waals surface area (Å²) in [6, 6.07) is 7.77. The maximum absolute atomic E-state index is 13.1. The number of phenols is 1. The lowest BCUT2D eigenvalue weighted by Crippen LogP contribution is -2.29. The lowest BCUT2D eigenvalue weighted by molar-refractivity contribution is -0.137. The Kier molecular flexibility index (Phi) is 6.15. The van der Waals surface area contributed by atoms with Crippen LogP contribution in [0.2, 0.25) is 0 Å². The van der Waals surface area contributed by atoms with E-state index in [0.29, 0.717) is 5.75 Å². The number of carbonyl (C=O) groups excluding carboxylic acids is 2. The van der Waals surface area contributed by atoms with Crippen LogP contribution in [0, 0.1) is 0 Å². The zero-order valence-corrected chi connectivity index (χ0v) is 19.0. The van der Waals surface area contributed by atoms with Gasteiger partial charge in [0.05, 0.1) is 5.39 Å². The number of nitrogens with zero attached hydrogens (tertiary/aromatic N) is 1. The van der Waals surface area contributed by atoms with Gasteiger partial charge in [0.25, 0.3) is 0 Å². The number of hydrogen-bond donors (Lipinski definition) is 1. The van der Waals surface area contributed by atoms with Gasteiger partial charge >= 0.3 is 0 Å². The van der Waals surface area contributed by atoms with E-state index >= 15 is 0 Å². The fourth-order valence-electron chi connectivity index (χ4n) is 3.65. The highest BCUT2D eigenvalue weighted by molar-refractivity contribution is 6.02.